The number of nitrogens with zero attached hydrogens (tertiary/aromatic N) is 2. The molecule has 0 saturated carbocycles. The van der Waals surface area contributed by atoms with Crippen molar-refractivity contribution in [2.45, 2.75) is 32.7 Å². The van der Waals surface area contributed by atoms with Gasteiger partial charge in [-0.1, -0.05) is 51.1 Å². The third kappa shape index (κ3) is 5.17. The highest BCUT2D eigenvalue weighted by atomic mass is 32.1. The van der Waals surface area contributed by atoms with Gasteiger partial charge in [0.15, 0.2) is 5.13 Å². The van der Waals surface area contributed by atoms with E-state index < -0.39 is 10.8 Å². The van der Waals surface area contributed by atoms with E-state index in [0.29, 0.717) is 17.4 Å². The molecule has 0 radical (unpaired) electrons. The smallest absolute Gasteiger partial charge is 0.293 e. The summed E-state index contributed by atoms with van der Waals surface area (Å²) in [6.45, 7) is 6.57. The highest BCUT2D eigenvalue weighted by molar-refractivity contribution is 7.14. The van der Waals surface area contributed by atoms with Crippen LogP contribution in [0.2, 0.25) is 0 Å². The fourth-order valence-corrected chi connectivity index (χ4v) is 3.54. The van der Waals surface area contributed by atoms with Gasteiger partial charge in [-0.15, -0.1) is 11.3 Å². The van der Waals surface area contributed by atoms with Crippen LogP contribution in [0.1, 0.15) is 42.4 Å². The molecule has 0 aliphatic rings. The molecule has 0 aliphatic carbocycles. The molecule has 0 atom stereocenters. The first-order valence-corrected chi connectivity index (χ1v) is 9.95. The van der Waals surface area contributed by atoms with Crippen molar-refractivity contribution >= 4 is 33.8 Å². The minimum atomic E-state index is -0.495. The van der Waals surface area contributed by atoms with Crippen molar-refractivity contribution in [2.24, 2.45) is 0 Å². The van der Waals surface area contributed by atoms with Crippen LogP contribution in [-0.2, 0) is 12.0 Å². The molecule has 150 valence electrons. The van der Waals surface area contributed by atoms with E-state index in [-0.39, 0.29) is 16.7 Å². The Morgan fingerprint density at radius 2 is 1.90 bits per heavy atom. The summed E-state index contributed by atoms with van der Waals surface area (Å²) in [7, 11) is 0. The van der Waals surface area contributed by atoms with Crippen LogP contribution in [0, 0.1) is 10.1 Å². The minimum absolute atomic E-state index is 0.121. The van der Waals surface area contributed by atoms with E-state index in [1.165, 1.54) is 17.4 Å². The molecule has 0 saturated heterocycles. The summed E-state index contributed by atoms with van der Waals surface area (Å²) in [5.74, 6) is -0.433. The average Bonchev–Trinajstić information content (AvgIpc) is 3.16. The van der Waals surface area contributed by atoms with Gasteiger partial charge < -0.3 is 5.32 Å². The number of nitrogens with one attached hydrogen (secondary N) is 2. The number of aromatic nitrogens is 1. The largest absolute Gasteiger partial charge is 0.375 e. The predicted molar refractivity (Wildman–Crippen MR) is 116 cm³/mol. The van der Waals surface area contributed by atoms with Crippen LogP contribution in [0.25, 0.3) is 0 Å². The summed E-state index contributed by atoms with van der Waals surface area (Å²) in [5.41, 5.74) is 2.17. The number of carbonyl (C=O) groups is 1. The van der Waals surface area contributed by atoms with Crippen molar-refractivity contribution in [3.63, 3.8) is 0 Å². The SMILES string of the molecule is CC(C)(C)c1csc(NC(=O)c2ccc(NCc3ccccc3)c([N+](=O)[O-])c2)n1. The molecule has 2 aromatic carbocycles. The molecule has 0 bridgehead atoms. The normalized spacial score (nSPS) is 11.1. The van der Waals surface area contributed by atoms with E-state index in [1.807, 2.05) is 56.5 Å². The van der Waals surface area contributed by atoms with Gasteiger partial charge in [-0.25, -0.2) is 4.98 Å². The van der Waals surface area contributed by atoms with Gasteiger partial charge in [-0.05, 0) is 17.7 Å². The van der Waals surface area contributed by atoms with E-state index in [9.17, 15) is 14.9 Å². The van der Waals surface area contributed by atoms with E-state index in [4.69, 9.17) is 0 Å². The van der Waals surface area contributed by atoms with Gasteiger partial charge in [0, 0.05) is 29.0 Å². The highest BCUT2D eigenvalue weighted by Crippen LogP contribution is 2.28. The zero-order chi connectivity index (χ0) is 21.0. The first-order chi connectivity index (χ1) is 13.7. The van der Waals surface area contributed by atoms with Gasteiger partial charge in [0.05, 0.1) is 10.6 Å². The molecule has 1 aromatic heterocycles. The van der Waals surface area contributed by atoms with Gasteiger partial charge in [0.2, 0.25) is 0 Å². The number of thiazole rings is 1. The Hall–Kier alpha value is -3.26. The fraction of sp³-hybridized carbons (Fsp3) is 0.238. The Labute approximate surface area is 173 Å². The van der Waals surface area contributed by atoms with Gasteiger partial charge in [0.1, 0.15) is 5.69 Å². The standard InChI is InChI=1S/C21H22N4O3S/c1-21(2,3)18-13-29-20(23-18)24-19(26)15-9-10-16(17(11-15)25(27)28)22-12-14-7-5-4-6-8-14/h4-11,13,22H,12H2,1-3H3,(H,23,24,26). The zero-order valence-electron chi connectivity index (χ0n) is 16.4. The Kier molecular flexibility index (Phi) is 5.93. The molecule has 7 nitrogen and oxygen atoms in total. The fourth-order valence-electron chi connectivity index (χ4n) is 2.61. The first kappa shape index (κ1) is 20.5. The monoisotopic (exact) mass is 410 g/mol. The number of rotatable bonds is 6. The van der Waals surface area contributed by atoms with Crippen LogP contribution in [0.3, 0.4) is 0 Å². The number of amides is 1. The molecule has 1 amide bonds. The van der Waals surface area contributed by atoms with Gasteiger partial charge in [-0.3, -0.25) is 20.2 Å². The van der Waals surface area contributed by atoms with Crippen LogP contribution in [0.4, 0.5) is 16.5 Å². The molecule has 3 aromatic rings. The summed E-state index contributed by atoms with van der Waals surface area (Å²) in [6.07, 6.45) is 0. The van der Waals surface area contributed by atoms with Gasteiger partial charge in [0.25, 0.3) is 11.6 Å². The molecule has 29 heavy (non-hydrogen) atoms. The van der Waals surface area contributed by atoms with Crippen LogP contribution >= 0.6 is 11.3 Å². The summed E-state index contributed by atoms with van der Waals surface area (Å²) in [5, 5.41) is 19.7. The third-order valence-electron chi connectivity index (χ3n) is 4.28. The van der Waals surface area contributed by atoms with Crippen LogP contribution in [0.5, 0.6) is 0 Å². The van der Waals surface area contributed by atoms with E-state index in [1.54, 1.807) is 12.1 Å². The summed E-state index contributed by atoms with van der Waals surface area (Å²) in [6, 6.07) is 14.0. The second kappa shape index (κ2) is 8.40. The number of benzene rings is 2. The Balaban J connectivity index is 1.76. The number of carbonyl (C=O) groups excluding carboxylic acids is 1. The maximum absolute atomic E-state index is 12.6. The molecular formula is C21H22N4O3S. The van der Waals surface area contributed by atoms with E-state index >= 15 is 0 Å². The molecular weight excluding hydrogens is 388 g/mol. The van der Waals surface area contributed by atoms with Crippen molar-refractivity contribution in [3.8, 4) is 0 Å². The predicted octanol–water partition coefficient (Wildman–Crippen LogP) is 5.21. The maximum Gasteiger partial charge on any atom is 0.293 e. The minimum Gasteiger partial charge on any atom is -0.375 e. The van der Waals surface area contributed by atoms with Gasteiger partial charge >= 0.3 is 0 Å². The molecule has 0 aliphatic heterocycles. The molecule has 2 N–H and O–H groups in total. The quantitative estimate of drug-likeness (QED) is 0.429. The van der Waals surface area contributed by atoms with Crippen molar-refractivity contribution in [1.29, 1.82) is 0 Å². The maximum atomic E-state index is 12.6. The Morgan fingerprint density at radius 1 is 1.17 bits per heavy atom. The molecule has 3 rings (SSSR count). The van der Waals surface area contributed by atoms with E-state index in [0.717, 1.165) is 11.3 Å². The van der Waals surface area contributed by atoms with Crippen molar-refractivity contribution in [1.82, 2.24) is 4.98 Å². The zero-order valence-corrected chi connectivity index (χ0v) is 17.2. The molecule has 0 fully saturated rings. The number of nitro benzene ring substituents is 1. The molecule has 1 heterocycles. The average molecular weight is 410 g/mol. The molecule has 8 heteroatoms. The van der Waals surface area contributed by atoms with E-state index in [2.05, 4.69) is 15.6 Å². The third-order valence-corrected chi connectivity index (χ3v) is 5.03. The first-order valence-electron chi connectivity index (χ1n) is 9.07. The Morgan fingerprint density at radius 3 is 2.52 bits per heavy atom. The number of anilines is 2. The molecule has 0 unspecified atom stereocenters. The van der Waals surface area contributed by atoms with Gasteiger partial charge in [-0.2, -0.15) is 0 Å². The van der Waals surface area contributed by atoms with Crippen molar-refractivity contribution < 1.29 is 9.72 Å². The lowest BCUT2D eigenvalue weighted by molar-refractivity contribution is -0.384. The van der Waals surface area contributed by atoms with Crippen molar-refractivity contribution in [2.75, 3.05) is 10.6 Å². The molecule has 0 spiro atoms. The highest BCUT2D eigenvalue weighted by Gasteiger charge is 2.20. The summed E-state index contributed by atoms with van der Waals surface area (Å²) < 4.78 is 0. The Bertz CT molecular complexity index is 1030. The summed E-state index contributed by atoms with van der Waals surface area (Å²) >= 11 is 1.33. The summed E-state index contributed by atoms with van der Waals surface area (Å²) in [4.78, 5) is 28.0. The second-order valence-electron chi connectivity index (χ2n) is 7.57. The topological polar surface area (TPSA) is 97.2 Å². The van der Waals surface area contributed by atoms with Crippen LogP contribution in [-0.4, -0.2) is 15.8 Å². The lowest BCUT2D eigenvalue weighted by Gasteiger charge is -2.14. The second-order valence-corrected chi connectivity index (χ2v) is 8.43. The number of hydrogen-bond donors (Lipinski definition) is 2. The van der Waals surface area contributed by atoms with Crippen LogP contribution in [0.15, 0.2) is 53.9 Å². The van der Waals surface area contributed by atoms with Crippen molar-refractivity contribution in [3.05, 3.63) is 80.8 Å². The lowest BCUT2D eigenvalue weighted by atomic mass is 9.93. The number of nitro groups is 1. The number of hydrogen-bond acceptors (Lipinski definition) is 6. The lowest BCUT2D eigenvalue weighted by Crippen LogP contribution is -2.14. The van der Waals surface area contributed by atoms with Crippen LogP contribution < -0.4 is 10.6 Å².